The molecule has 0 aromatic heterocycles. The van der Waals surface area contributed by atoms with Crippen LogP contribution in [-0.4, -0.2) is 32.2 Å². The molecule has 0 aliphatic carbocycles. The van der Waals surface area contributed by atoms with Gasteiger partial charge in [-0.05, 0) is 23.3 Å². The van der Waals surface area contributed by atoms with Crippen LogP contribution in [0.1, 0.15) is 21.5 Å². The largest absolute Gasteiger partial charge is 0.378 e. The first-order chi connectivity index (χ1) is 10.8. The molecule has 2 aromatic rings. The average Bonchev–Trinajstić information content (AvgIpc) is 2.56. The van der Waals surface area contributed by atoms with Gasteiger partial charge in [0.1, 0.15) is 0 Å². The normalized spacial score (nSPS) is 14.8. The lowest BCUT2D eigenvalue weighted by Crippen LogP contribution is -2.37. The van der Waals surface area contributed by atoms with Crippen LogP contribution in [0.25, 0.3) is 0 Å². The van der Waals surface area contributed by atoms with E-state index < -0.39 is 0 Å². The number of anilines is 1. The standard InChI is InChI=1S/C18H20N2O2/c19-18(21)15-7-4-8-17(20-9-11-22-12-10-20)16(15)13-14-5-2-1-3-6-14/h1-8H,9-13H2,(H2,19,21). The van der Waals surface area contributed by atoms with Crippen molar-refractivity contribution in [2.45, 2.75) is 6.42 Å². The van der Waals surface area contributed by atoms with E-state index in [0.29, 0.717) is 25.2 Å². The molecule has 1 heterocycles. The van der Waals surface area contributed by atoms with Gasteiger partial charge in [-0.25, -0.2) is 0 Å². The third kappa shape index (κ3) is 3.12. The van der Waals surface area contributed by atoms with Gasteiger partial charge in [0.2, 0.25) is 5.91 Å². The molecule has 4 nitrogen and oxygen atoms in total. The molecule has 2 aromatic carbocycles. The minimum Gasteiger partial charge on any atom is -0.378 e. The number of benzene rings is 2. The van der Waals surface area contributed by atoms with Gasteiger partial charge in [-0.3, -0.25) is 4.79 Å². The summed E-state index contributed by atoms with van der Waals surface area (Å²) in [6.45, 7) is 3.10. The molecule has 3 rings (SSSR count). The highest BCUT2D eigenvalue weighted by Crippen LogP contribution is 2.27. The molecular formula is C18H20N2O2. The SMILES string of the molecule is NC(=O)c1cccc(N2CCOCC2)c1Cc1ccccc1. The summed E-state index contributed by atoms with van der Waals surface area (Å²) < 4.78 is 5.42. The number of morpholine rings is 1. The number of hydrogen-bond acceptors (Lipinski definition) is 3. The molecule has 0 saturated carbocycles. The highest BCUT2D eigenvalue weighted by atomic mass is 16.5. The Balaban J connectivity index is 2.01. The van der Waals surface area contributed by atoms with Crippen molar-refractivity contribution >= 4 is 11.6 Å². The summed E-state index contributed by atoms with van der Waals surface area (Å²) in [7, 11) is 0. The summed E-state index contributed by atoms with van der Waals surface area (Å²) in [5.74, 6) is -0.374. The van der Waals surface area contributed by atoms with E-state index in [2.05, 4.69) is 23.1 Å². The maximum atomic E-state index is 11.8. The van der Waals surface area contributed by atoms with Crippen LogP contribution in [0.4, 0.5) is 5.69 Å². The maximum Gasteiger partial charge on any atom is 0.249 e. The molecule has 1 saturated heterocycles. The van der Waals surface area contributed by atoms with E-state index in [1.165, 1.54) is 5.56 Å². The Labute approximate surface area is 130 Å². The fraction of sp³-hybridized carbons (Fsp3) is 0.278. The molecule has 1 fully saturated rings. The van der Waals surface area contributed by atoms with Gasteiger partial charge in [0.25, 0.3) is 0 Å². The Bertz CT molecular complexity index is 649. The van der Waals surface area contributed by atoms with Crippen molar-refractivity contribution in [3.05, 3.63) is 65.2 Å². The summed E-state index contributed by atoms with van der Waals surface area (Å²) in [5, 5.41) is 0. The van der Waals surface area contributed by atoms with Crippen LogP contribution < -0.4 is 10.6 Å². The Kier molecular flexibility index (Phi) is 4.39. The lowest BCUT2D eigenvalue weighted by Gasteiger charge is -2.31. The highest BCUT2D eigenvalue weighted by molar-refractivity contribution is 5.96. The summed E-state index contributed by atoms with van der Waals surface area (Å²) in [6.07, 6.45) is 0.701. The third-order valence-electron chi connectivity index (χ3n) is 3.99. The van der Waals surface area contributed by atoms with Gasteiger partial charge in [-0.2, -0.15) is 0 Å². The first kappa shape index (κ1) is 14.6. The van der Waals surface area contributed by atoms with E-state index in [0.717, 1.165) is 24.3 Å². The van der Waals surface area contributed by atoms with Crippen LogP contribution in [0.15, 0.2) is 48.5 Å². The number of primary amides is 1. The van der Waals surface area contributed by atoms with Crippen molar-refractivity contribution in [2.24, 2.45) is 5.73 Å². The first-order valence-corrected chi connectivity index (χ1v) is 7.54. The van der Waals surface area contributed by atoms with Crippen LogP contribution in [0.2, 0.25) is 0 Å². The maximum absolute atomic E-state index is 11.8. The smallest absolute Gasteiger partial charge is 0.249 e. The Morgan fingerprint density at radius 3 is 2.45 bits per heavy atom. The number of ether oxygens (including phenoxy) is 1. The Morgan fingerprint density at radius 1 is 1.05 bits per heavy atom. The summed E-state index contributed by atoms with van der Waals surface area (Å²) >= 11 is 0. The molecule has 1 aliphatic heterocycles. The number of hydrogen-bond donors (Lipinski definition) is 1. The van der Waals surface area contributed by atoms with Crippen LogP contribution in [0, 0.1) is 0 Å². The van der Waals surface area contributed by atoms with Crippen LogP contribution in [0.5, 0.6) is 0 Å². The second-order valence-corrected chi connectivity index (χ2v) is 5.43. The van der Waals surface area contributed by atoms with E-state index in [4.69, 9.17) is 10.5 Å². The Hall–Kier alpha value is -2.33. The predicted octanol–water partition coefficient (Wildman–Crippen LogP) is 2.21. The quantitative estimate of drug-likeness (QED) is 0.941. The van der Waals surface area contributed by atoms with Gasteiger partial charge < -0.3 is 15.4 Å². The monoisotopic (exact) mass is 296 g/mol. The summed E-state index contributed by atoms with van der Waals surface area (Å²) in [5.41, 5.74) is 9.45. The third-order valence-corrected chi connectivity index (χ3v) is 3.99. The van der Waals surface area contributed by atoms with E-state index in [9.17, 15) is 4.79 Å². The van der Waals surface area contributed by atoms with Crippen molar-refractivity contribution in [2.75, 3.05) is 31.2 Å². The number of nitrogens with two attached hydrogens (primary N) is 1. The number of nitrogens with zero attached hydrogens (tertiary/aromatic N) is 1. The molecule has 0 spiro atoms. The number of carbonyl (C=O) groups excluding carboxylic acids is 1. The lowest BCUT2D eigenvalue weighted by molar-refractivity contribution is 0.0999. The van der Waals surface area contributed by atoms with Crippen molar-refractivity contribution in [1.82, 2.24) is 0 Å². The molecule has 0 radical (unpaired) electrons. The van der Waals surface area contributed by atoms with Gasteiger partial charge in [0, 0.05) is 30.8 Å². The van der Waals surface area contributed by atoms with E-state index in [1.807, 2.05) is 30.3 Å². The van der Waals surface area contributed by atoms with Gasteiger partial charge in [0.05, 0.1) is 13.2 Å². The molecule has 1 aliphatic rings. The highest BCUT2D eigenvalue weighted by Gasteiger charge is 2.19. The van der Waals surface area contributed by atoms with Gasteiger partial charge in [0.15, 0.2) is 0 Å². The Morgan fingerprint density at radius 2 is 1.77 bits per heavy atom. The van der Waals surface area contributed by atoms with Crippen molar-refractivity contribution in [3.63, 3.8) is 0 Å². The van der Waals surface area contributed by atoms with Crippen molar-refractivity contribution in [3.8, 4) is 0 Å². The minimum atomic E-state index is -0.374. The molecule has 0 bridgehead atoms. The molecule has 0 unspecified atom stereocenters. The van der Waals surface area contributed by atoms with Gasteiger partial charge in [-0.15, -0.1) is 0 Å². The second kappa shape index (κ2) is 6.62. The van der Waals surface area contributed by atoms with Gasteiger partial charge in [-0.1, -0.05) is 36.4 Å². The fourth-order valence-corrected chi connectivity index (χ4v) is 2.89. The van der Waals surface area contributed by atoms with Crippen LogP contribution in [-0.2, 0) is 11.2 Å². The minimum absolute atomic E-state index is 0.374. The van der Waals surface area contributed by atoms with Crippen molar-refractivity contribution < 1.29 is 9.53 Å². The molecule has 4 heteroatoms. The average molecular weight is 296 g/mol. The summed E-state index contributed by atoms with van der Waals surface area (Å²) in [6, 6.07) is 15.9. The predicted molar refractivity (Wildman–Crippen MR) is 87.2 cm³/mol. The molecular weight excluding hydrogens is 276 g/mol. The topological polar surface area (TPSA) is 55.6 Å². The number of carbonyl (C=O) groups is 1. The van der Waals surface area contributed by atoms with E-state index in [1.54, 1.807) is 0 Å². The molecule has 1 amide bonds. The lowest BCUT2D eigenvalue weighted by atomic mass is 9.96. The molecule has 22 heavy (non-hydrogen) atoms. The fourth-order valence-electron chi connectivity index (χ4n) is 2.89. The zero-order valence-electron chi connectivity index (χ0n) is 12.5. The van der Waals surface area contributed by atoms with Crippen LogP contribution in [0.3, 0.4) is 0 Å². The zero-order valence-corrected chi connectivity index (χ0v) is 12.5. The second-order valence-electron chi connectivity index (χ2n) is 5.43. The summed E-state index contributed by atoms with van der Waals surface area (Å²) in [4.78, 5) is 14.1. The van der Waals surface area contributed by atoms with Gasteiger partial charge >= 0.3 is 0 Å². The molecule has 2 N–H and O–H groups in total. The molecule has 114 valence electrons. The number of amides is 1. The van der Waals surface area contributed by atoms with E-state index in [-0.39, 0.29) is 5.91 Å². The molecule has 0 atom stereocenters. The number of rotatable bonds is 4. The zero-order chi connectivity index (χ0) is 15.4. The van der Waals surface area contributed by atoms with Crippen LogP contribution >= 0.6 is 0 Å². The van der Waals surface area contributed by atoms with E-state index >= 15 is 0 Å². The first-order valence-electron chi connectivity index (χ1n) is 7.54. The van der Waals surface area contributed by atoms with Crippen molar-refractivity contribution in [1.29, 1.82) is 0 Å².